The van der Waals surface area contributed by atoms with Crippen molar-refractivity contribution in [3.05, 3.63) is 30.1 Å². The molecule has 0 saturated heterocycles. The first kappa shape index (κ1) is 13.8. The highest BCUT2D eigenvalue weighted by Gasteiger charge is 2.42. The first-order chi connectivity index (χ1) is 10.5. The Labute approximate surface area is 126 Å². The van der Waals surface area contributed by atoms with Crippen molar-refractivity contribution in [1.82, 2.24) is 9.97 Å². The number of rotatable bonds is 4. The Balaban J connectivity index is 1.77. The molecule has 22 heavy (non-hydrogen) atoms. The van der Waals surface area contributed by atoms with Crippen LogP contribution < -0.4 is 5.32 Å². The van der Waals surface area contributed by atoms with Gasteiger partial charge >= 0.3 is 6.18 Å². The van der Waals surface area contributed by atoms with Crippen LogP contribution in [0, 0.1) is 11.8 Å². The van der Waals surface area contributed by atoms with Crippen molar-refractivity contribution in [3.63, 3.8) is 0 Å². The zero-order chi connectivity index (χ0) is 15.3. The molecule has 1 aromatic heterocycles. The fourth-order valence-electron chi connectivity index (χ4n) is 3.00. The quantitative estimate of drug-likeness (QED) is 0.917. The number of para-hydroxylation sites is 1. The van der Waals surface area contributed by atoms with E-state index in [2.05, 4.69) is 15.3 Å². The van der Waals surface area contributed by atoms with Crippen LogP contribution >= 0.6 is 0 Å². The van der Waals surface area contributed by atoms with Gasteiger partial charge in [-0.25, -0.2) is 9.97 Å². The third-order valence-electron chi connectivity index (χ3n) is 4.42. The maximum absolute atomic E-state index is 13.0. The van der Waals surface area contributed by atoms with E-state index >= 15 is 0 Å². The fourth-order valence-corrected chi connectivity index (χ4v) is 3.00. The number of halogens is 3. The molecular formula is C16H16F3N3. The van der Waals surface area contributed by atoms with Crippen LogP contribution in [0.4, 0.5) is 19.0 Å². The van der Waals surface area contributed by atoms with Crippen molar-refractivity contribution in [1.29, 1.82) is 0 Å². The van der Waals surface area contributed by atoms with Crippen LogP contribution in [-0.4, -0.2) is 16.0 Å². The van der Waals surface area contributed by atoms with Gasteiger partial charge in [-0.15, -0.1) is 0 Å². The minimum atomic E-state index is -4.53. The molecule has 0 bridgehead atoms. The van der Waals surface area contributed by atoms with Crippen LogP contribution in [0.25, 0.3) is 10.9 Å². The van der Waals surface area contributed by atoms with E-state index < -0.39 is 12.0 Å². The van der Waals surface area contributed by atoms with Gasteiger partial charge in [0, 0.05) is 11.4 Å². The molecule has 0 spiro atoms. The normalized spacial score (nSPS) is 18.9. The van der Waals surface area contributed by atoms with E-state index in [4.69, 9.17) is 0 Å². The number of fused-ring (bicyclic) bond motifs is 1. The lowest BCUT2D eigenvalue weighted by atomic mass is 10.1. The summed E-state index contributed by atoms with van der Waals surface area (Å²) in [4.78, 5) is 7.44. The topological polar surface area (TPSA) is 37.8 Å². The molecule has 2 saturated carbocycles. The Morgan fingerprint density at radius 1 is 1.00 bits per heavy atom. The van der Waals surface area contributed by atoms with Crippen LogP contribution in [0.2, 0.25) is 0 Å². The van der Waals surface area contributed by atoms with Gasteiger partial charge in [0.05, 0.1) is 5.52 Å². The van der Waals surface area contributed by atoms with E-state index in [1.54, 1.807) is 24.3 Å². The highest BCUT2D eigenvalue weighted by molar-refractivity contribution is 5.89. The Morgan fingerprint density at radius 2 is 1.64 bits per heavy atom. The summed E-state index contributed by atoms with van der Waals surface area (Å²) < 4.78 is 39.1. The summed E-state index contributed by atoms with van der Waals surface area (Å²) in [6.07, 6.45) is 0.0916. The Kier molecular flexibility index (Phi) is 3.03. The molecule has 4 rings (SSSR count). The van der Waals surface area contributed by atoms with Crippen LogP contribution in [0.3, 0.4) is 0 Å². The number of alkyl halides is 3. The summed E-state index contributed by atoms with van der Waals surface area (Å²) in [5.41, 5.74) is 0.331. The van der Waals surface area contributed by atoms with Crippen LogP contribution in [0.5, 0.6) is 0 Å². The van der Waals surface area contributed by atoms with Crippen molar-refractivity contribution >= 4 is 16.7 Å². The lowest BCUT2D eigenvalue weighted by Gasteiger charge is -2.20. The van der Waals surface area contributed by atoms with E-state index in [9.17, 15) is 13.2 Å². The monoisotopic (exact) mass is 307 g/mol. The number of nitrogens with one attached hydrogen (secondary N) is 1. The molecule has 6 heteroatoms. The molecule has 0 aliphatic heterocycles. The predicted octanol–water partition coefficient (Wildman–Crippen LogP) is 4.25. The lowest BCUT2D eigenvalue weighted by Crippen LogP contribution is -2.26. The summed E-state index contributed by atoms with van der Waals surface area (Å²) in [6, 6.07) is 7.11. The largest absolute Gasteiger partial charge is 0.451 e. The van der Waals surface area contributed by atoms with E-state index in [0.29, 0.717) is 28.6 Å². The van der Waals surface area contributed by atoms with Crippen molar-refractivity contribution in [2.75, 3.05) is 5.32 Å². The molecule has 3 nitrogen and oxygen atoms in total. The van der Waals surface area contributed by atoms with Gasteiger partial charge in [-0.3, -0.25) is 0 Å². The maximum atomic E-state index is 13.0. The van der Waals surface area contributed by atoms with E-state index in [-0.39, 0.29) is 6.04 Å². The van der Waals surface area contributed by atoms with Gasteiger partial charge < -0.3 is 5.32 Å². The molecule has 2 aliphatic carbocycles. The number of hydrogen-bond acceptors (Lipinski definition) is 3. The average molecular weight is 307 g/mol. The second-order valence-corrected chi connectivity index (χ2v) is 6.26. The van der Waals surface area contributed by atoms with Gasteiger partial charge in [0.2, 0.25) is 5.82 Å². The van der Waals surface area contributed by atoms with E-state index in [1.165, 1.54) is 0 Å². The van der Waals surface area contributed by atoms with E-state index in [1.807, 2.05) is 0 Å². The fraction of sp³-hybridized carbons (Fsp3) is 0.500. The summed E-state index contributed by atoms with van der Waals surface area (Å²) >= 11 is 0. The average Bonchev–Trinajstić information content (AvgIpc) is 3.37. The Morgan fingerprint density at radius 3 is 2.23 bits per heavy atom. The minimum absolute atomic E-state index is 0.249. The van der Waals surface area contributed by atoms with Crippen molar-refractivity contribution in [2.24, 2.45) is 11.8 Å². The van der Waals surface area contributed by atoms with Gasteiger partial charge in [-0.2, -0.15) is 13.2 Å². The summed E-state index contributed by atoms with van der Waals surface area (Å²) in [5, 5.41) is 3.96. The van der Waals surface area contributed by atoms with Crippen molar-refractivity contribution in [2.45, 2.75) is 37.9 Å². The standard InChI is InChI=1S/C16H16F3N3/c17-16(18,19)15-20-12-4-2-1-3-11(12)14(22-15)21-13(9-5-6-9)10-7-8-10/h1-4,9-10,13H,5-8H2,(H,20,21,22). The van der Waals surface area contributed by atoms with Crippen LogP contribution in [-0.2, 0) is 6.18 Å². The smallest absolute Gasteiger partial charge is 0.366 e. The van der Waals surface area contributed by atoms with Crippen molar-refractivity contribution in [3.8, 4) is 0 Å². The van der Waals surface area contributed by atoms with Gasteiger partial charge in [0.1, 0.15) is 5.82 Å². The molecule has 0 atom stereocenters. The lowest BCUT2D eigenvalue weighted by molar-refractivity contribution is -0.144. The highest BCUT2D eigenvalue weighted by Crippen LogP contribution is 2.46. The Bertz CT molecular complexity index is 693. The molecule has 2 aliphatic rings. The van der Waals surface area contributed by atoms with Crippen LogP contribution in [0.1, 0.15) is 31.5 Å². The molecule has 0 amide bonds. The van der Waals surface area contributed by atoms with E-state index in [0.717, 1.165) is 25.7 Å². The number of aromatic nitrogens is 2. The zero-order valence-electron chi connectivity index (χ0n) is 11.9. The molecule has 116 valence electrons. The number of anilines is 1. The third kappa shape index (κ3) is 2.62. The second-order valence-electron chi connectivity index (χ2n) is 6.26. The van der Waals surface area contributed by atoms with Gasteiger partial charge in [0.15, 0.2) is 0 Å². The molecular weight excluding hydrogens is 291 g/mol. The Hall–Kier alpha value is -1.85. The summed E-state index contributed by atoms with van der Waals surface area (Å²) in [5.74, 6) is 0.409. The molecule has 0 radical (unpaired) electrons. The SMILES string of the molecule is FC(F)(F)c1nc(NC(C2CC2)C2CC2)c2ccccc2n1. The molecule has 1 heterocycles. The predicted molar refractivity (Wildman–Crippen MR) is 77.4 cm³/mol. The first-order valence-corrected chi connectivity index (χ1v) is 7.63. The molecule has 0 unspecified atom stereocenters. The molecule has 2 fully saturated rings. The molecule has 2 aromatic rings. The summed E-state index contributed by atoms with van der Waals surface area (Å²) in [6.45, 7) is 0. The minimum Gasteiger partial charge on any atom is -0.366 e. The van der Waals surface area contributed by atoms with Crippen molar-refractivity contribution < 1.29 is 13.2 Å². The van der Waals surface area contributed by atoms with Gasteiger partial charge in [-0.05, 0) is 49.7 Å². The third-order valence-corrected chi connectivity index (χ3v) is 4.42. The highest BCUT2D eigenvalue weighted by atomic mass is 19.4. The first-order valence-electron chi connectivity index (χ1n) is 7.63. The number of benzene rings is 1. The molecule has 1 N–H and O–H groups in total. The van der Waals surface area contributed by atoms with Crippen LogP contribution in [0.15, 0.2) is 24.3 Å². The summed E-state index contributed by atoms with van der Waals surface area (Å²) in [7, 11) is 0. The van der Waals surface area contributed by atoms with Gasteiger partial charge in [-0.1, -0.05) is 12.1 Å². The second kappa shape index (κ2) is 4.83. The zero-order valence-corrected chi connectivity index (χ0v) is 11.9. The number of nitrogens with zero attached hydrogens (tertiary/aromatic N) is 2. The van der Waals surface area contributed by atoms with Gasteiger partial charge in [0.25, 0.3) is 0 Å². The number of hydrogen-bond donors (Lipinski definition) is 1. The molecule has 1 aromatic carbocycles. The maximum Gasteiger partial charge on any atom is 0.451 e.